The van der Waals surface area contributed by atoms with Gasteiger partial charge in [-0.15, -0.1) is 0 Å². The Morgan fingerprint density at radius 1 is 1.12 bits per heavy atom. The number of para-hydroxylation sites is 1. The number of aromatic nitrogens is 2. The molecule has 1 amide bonds. The molecule has 26 heavy (non-hydrogen) atoms. The minimum Gasteiger partial charge on any atom is -0.438 e. The first-order valence-corrected chi connectivity index (χ1v) is 8.57. The first-order chi connectivity index (χ1) is 12.5. The molecule has 5 heteroatoms. The van der Waals surface area contributed by atoms with Gasteiger partial charge in [-0.05, 0) is 50.6 Å². The summed E-state index contributed by atoms with van der Waals surface area (Å²) >= 11 is 0. The van der Waals surface area contributed by atoms with E-state index in [4.69, 9.17) is 4.74 Å². The number of hydrogen-bond donors (Lipinski definition) is 1. The SMILES string of the molecule is Cc1ccccc1Oc1ncccc1CNC(=O)C(C)(C)n1cccc1. The second-order valence-corrected chi connectivity index (χ2v) is 6.67. The molecule has 0 saturated carbocycles. The van der Waals surface area contributed by atoms with Gasteiger partial charge in [-0.1, -0.05) is 24.3 Å². The van der Waals surface area contributed by atoms with E-state index in [1.165, 1.54) is 0 Å². The van der Waals surface area contributed by atoms with Crippen molar-refractivity contribution in [3.8, 4) is 11.6 Å². The van der Waals surface area contributed by atoms with Gasteiger partial charge < -0.3 is 14.6 Å². The van der Waals surface area contributed by atoms with Crippen LogP contribution < -0.4 is 10.1 Å². The van der Waals surface area contributed by atoms with Crippen molar-refractivity contribution in [3.63, 3.8) is 0 Å². The third kappa shape index (κ3) is 3.77. The topological polar surface area (TPSA) is 56.1 Å². The van der Waals surface area contributed by atoms with Crippen molar-refractivity contribution in [1.29, 1.82) is 0 Å². The quantitative estimate of drug-likeness (QED) is 0.731. The zero-order valence-corrected chi connectivity index (χ0v) is 15.3. The number of ether oxygens (including phenoxy) is 1. The molecule has 0 radical (unpaired) electrons. The molecular formula is C21H23N3O2. The van der Waals surface area contributed by atoms with Gasteiger partial charge in [-0.2, -0.15) is 0 Å². The van der Waals surface area contributed by atoms with Crippen LogP contribution in [0.3, 0.4) is 0 Å². The van der Waals surface area contributed by atoms with Gasteiger partial charge in [0.05, 0.1) is 0 Å². The van der Waals surface area contributed by atoms with Crippen molar-refractivity contribution in [3.05, 3.63) is 78.2 Å². The summed E-state index contributed by atoms with van der Waals surface area (Å²) in [5.41, 5.74) is 1.18. The summed E-state index contributed by atoms with van der Waals surface area (Å²) in [5.74, 6) is 1.19. The Bertz CT molecular complexity index is 886. The van der Waals surface area contributed by atoms with Crippen LogP contribution in [0.2, 0.25) is 0 Å². The van der Waals surface area contributed by atoms with Crippen LogP contribution in [0.25, 0.3) is 0 Å². The van der Waals surface area contributed by atoms with Gasteiger partial charge in [0.2, 0.25) is 11.8 Å². The van der Waals surface area contributed by atoms with Crippen LogP contribution in [0, 0.1) is 6.92 Å². The zero-order chi connectivity index (χ0) is 18.6. The molecular weight excluding hydrogens is 326 g/mol. The molecule has 0 unspecified atom stereocenters. The fraction of sp³-hybridized carbons (Fsp3) is 0.238. The smallest absolute Gasteiger partial charge is 0.245 e. The number of hydrogen-bond acceptors (Lipinski definition) is 3. The third-order valence-corrected chi connectivity index (χ3v) is 4.40. The maximum Gasteiger partial charge on any atom is 0.245 e. The standard InChI is InChI=1S/C21H23N3O2/c1-16-9-4-5-11-18(16)26-19-17(10-8-12-22-19)15-23-20(25)21(2,3)24-13-6-7-14-24/h4-14H,15H2,1-3H3,(H,23,25). The molecule has 0 saturated heterocycles. The van der Waals surface area contributed by atoms with Crippen molar-refractivity contribution < 1.29 is 9.53 Å². The minimum absolute atomic E-state index is 0.0700. The molecule has 0 fully saturated rings. The highest BCUT2D eigenvalue weighted by atomic mass is 16.5. The fourth-order valence-corrected chi connectivity index (χ4v) is 2.64. The van der Waals surface area contributed by atoms with E-state index in [0.717, 1.165) is 16.9 Å². The molecule has 2 aromatic heterocycles. The van der Waals surface area contributed by atoms with Gasteiger partial charge >= 0.3 is 0 Å². The van der Waals surface area contributed by atoms with E-state index in [0.29, 0.717) is 12.4 Å². The van der Waals surface area contributed by atoms with E-state index in [9.17, 15) is 4.79 Å². The Kier molecular flexibility index (Phi) is 5.07. The molecule has 3 aromatic rings. The normalized spacial score (nSPS) is 11.2. The van der Waals surface area contributed by atoms with Gasteiger partial charge in [0, 0.05) is 30.7 Å². The number of aryl methyl sites for hydroxylation is 1. The summed E-state index contributed by atoms with van der Waals surface area (Å²) in [5, 5.41) is 2.99. The average molecular weight is 349 g/mol. The summed E-state index contributed by atoms with van der Waals surface area (Å²) in [6.45, 7) is 6.10. The summed E-state index contributed by atoms with van der Waals surface area (Å²) in [7, 11) is 0. The maximum absolute atomic E-state index is 12.7. The van der Waals surface area contributed by atoms with Crippen LogP contribution in [0.1, 0.15) is 25.0 Å². The summed E-state index contributed by atoms with van der Waals surface area (Å²) in [6.07, 6.45) is 5.45. The number of nitrogens with one attached hydrogen (secondary N) is 1. The van der Waals surface area contributed by atoms with E-state index in [1.807, 2.05) is 86.3 Å². The molecule has 5 nitrogen and oxygen atoms in total. The third-order valence-electron chi connectivity index (χ3n) is 4.40. The van der Waals surface area contributed by atoms with E-state index in [-0.39, 0.29) is 5.91 Å². The Morgan fingerprint density at radius 3 is 2.58 bits per heavy atom. The minimum atomic E-state index is -0.678. The number of rotatable bonds is 6. The number of carbonyl (C=O) groups is 1. The van der Waals surface area contributed by atoms with Crippen molar-refractivity contribution in [2.45, 2.75) is 32.9 Å². The number of pyridine rings is 1. The van der Waals surface area contributed by atoms with Gasteiger partial charge in [-0.25, -0.2) is 4.98 Å². The second kappa shape index (κ2) is 7.44. The highest BCUT2D eigenvalue weighted by molar-refractivity contribution is 5.83. The number of nitrogens with zero attached hydrogens (tertiary/aromatic N) is 2. The Labute approximate surface area is 153 Å². The Balaban J connectivity index is 1.73. The van der Waals surface area contributed by atoms with Gasteiger partial charge in [0.15, 0.2) is 0 Å². The zero-order valence-electron chi connectivity index (χ0n) is 15.3. The number of carbonyl (C=O) groups excluding carboxylic acids is 1. The summed E-state index contributed by atoms with van der Waals surface area (Å²) in [4.78, 5) is 17.0. The van der Waals surface area contributed by atoms with Crippen LogP contribution in [0.15, 0.2) is 67.1 Å². The van der Waals surface area contributed by atoms with Crippen LogP contribution in [-0.4, -0.2) is 15.5 Å². The molecule has 0 aliphatic carbocycles. The molecule has 1 N–H and O–H groups in total. The lowest BCUT2D eigenvalue weighted by Gasteiger charge is -2.26. The molecule has 134 valence electrons. The van der Waals surface area contributed by atoms with Crippen molar-refractivity contribution >= 4 is 5.91 Å². The van der Waals surface area contributed by atoms with Crippen molar-refractivity contribution in [2.24, 2.45) is 0 Å². The van der Waals surface area contributed by atoms with Crippen molar-refractivity contribution in [1.82, 2.24) is 14.9 Å². The summed E-state index contributed by atoms with van der Waals surface area (Å²) < 4.78 is 7.85. The van der Waals surface area contributed by atoms with Crippen LogP contribution in [-0.2, 0) is 16.9 Å². The predicted molar refractivity (Wildman–Crippen MR) is 101 cm³/mol. The maximum atomic E-state index is 12.7. The van der Waals surface area contributed by atoms with Crippen LogP contribution >= 0.6 is 0 Å². The van der Waals surface area contributed by atoms with Crippen molar-refractivity contribution in [2.75, 3.05) is 0 Å². The van der Waals surface area contributed by atoms with Crippen LogP contribution in [0.5, 0.6) is 11.6 Å². The molecule has 3 rings (SSSR count). The molecule has 0 aliphatic heterocycles. The lowest BCUT2D eigenvalue weighted by atomic mass is 10.0. The monoisotopic (exact) mass is 349 g/mol. The molecule has 0 bridgehead atoms. The number of benzene rings is 1. The Hall–Kier alpha value is -3.08. The fourth-order valence-electron chi connectivity index (χ4n) is 2.64. The molecule has 1 aromatic carbocycles. The van der Waals surface area contributed by atoms with E-state index in [2.05, 4.69) is 10.3 Å². The van der Waals surface area contributed by atoms with E-state index < -0.39 is 5.54 Å². The number of amides is 1. The van der Waals surface area contributed by atoms with Crippen LogP contribution in [0.4, 0.5) is 0 Å². The lowest BCUT2D eigenvalue weighted by Crippen LogP contribution is -2.43. The first kappa shape index (κ1) is 17.7. The van der Waals surface area contributed by atoms with Gasteiger partial charge in [-0.3, -0.25) is 4.79 Å². The highest BCUT2D eigenvalue weighted by Crippen LogP contribution is 2.26. The molecule has 0 aliphatic rings. The largest absolute Gasteiger partial charge is 0.438 e. The predicted octanol–water partition coefficient (Wildman–Crippen LogP) is 4.04. The van der Waals surface area contributed by atoms with E-state index in [1.54, 1.807) is 6.20 Å². The second-order valence-electron chi connectivity index (χ2n) is 6.67. The molecule has 2 heterocycles. The molecule has 0 spiro atoms. The first-order valence-electron chi connectivity index (χ1n) is 8.57. The van der Waals surface area contributed by atoms with Gasteiger partial charge in [0.1, 0.15) is 11.3 Å². The molecule has 0 atom stereocenters. The van der Waals surface area contributed by atoms with Gasteiger partial charge in [0.25, 0.3) is 0 Å². The summed E-state index contributed by atoms with van der Waals surface area (Å²) in [6, 6.07) is 15.3. The van der Waals surface area contributed by atoms with E-state index >= 15 is 0 Å². The average Bonchev–Trinajstić information content (AvgIpc) is 3.18. The lowest BCUT2D eigenvalue weighted by molar-refractivity contribution is -0.128. The Morgan fingerprint density at radius 2 is 1.85 bits per heavy atom. The highest BCUT2D eigenvalue weighted by Gasteiger charge is 2.28.